The first-order chi connectivity index (χ1) is 8.40. The van der Waals surface area contributed by atoms with Crippen LogP contribution in [-0.4, -0.2) is 22.3 Å². The Morgan fingerprint density at radius 1 is 1.50 bits per heavy atom. The van der Waals surface area contributed by atoms with Crippen molar-refractivity contribution in [2.24, 2.45) is 5.84 Å². The summed E-state index contributed by atoms with van der Waals surface area (Å²) in [5.74, 6) is 6.65. The molecule has 0 aromatic carbocycles. The number of aromatic nitrogens is 1. The van der Waals surface area contributed by atoms with Gasteiger partial charge in [-0.3, -0.25) is 4.79 Å². The molecule has 1 rings (SSSR count). The van der Waals surface area contributed by atoms with Gasteiger partial charge in [0.2, 0.25) is 0 Å². The van der Waals surface area contributed by atoms with E-state index in [-0.39, 0.29) is 5.97 Å². The van der Waals surface area contributed by atoms with Crippen molar-refractivity contribution in [1.29, 1.82) is 0 Å². The zero-order valence-corrected chi connectivity index (χ0v) is 11.7. The highest BCUT2D eigenvalue weighted by Crippen LogP contribution is 2.14. The third-order valence-corrected chi connectivity index (χ3v) is 2.78. The van der Waals surface area contributed by atoms with Gasteiger partial charge in [0.1, 0.15) is 11.4 Å². The van der Waals surface area contributed by atoms with Gasteiger partial charge >= 0.3 is 5.97 Å². The Morgan fingerprint density at radius 3 is 2.83 bits per heavy atom. The molecule has 0 atom stereocenters. The lowest BCUT2D eigenvalue weighted by molar-refractivity contribution is -0.151. The number of carbonyl (C=O) groups excluding carboxylic acids is 1. The van der Waals surface area contributed by atoms with E-state index in [1.165, 1.54) is 11.8 Å². The van der Waals surface area contributed by atoms with Crippen LogP contribution in [-0.2, 0) is 15.3 Å². The maximum absolute atomic E-state index is 11.5. The molecule has 0 aliphatic carbocycles. The Labute approximate surface area is 111 Å². The molecule has 0 aliphatic heterocycles. The van der Waals surface area contributed by atoms with Gasteiger partial charge in [-0.2, -0.15) is 0 Å². The third kappa shape index (κ3) is 5.88. The van der Waals surface area contributed by atoms with Crippen molar-refractivity contribution < 1.29 is 9.53 Å². The van der Waals surface area contributed by atoms with Gasteiger partial charge in [0.05, 0.1) is 11.4 Å². The molecule has 0 aliphatic rings. The largest absolute Gasteiger partial charge is 0.459 e. The number of hydrogen-bond acceptors (Lipinski definition) is 6. The van der Waals surface area contributed by atoms with E-state index in [9.17, 15) is 4.79 Å². The molecule has 0 bridgehead atoms. The molecule has 0 radical (unpaired) electrons. The van der Waals surface area contributed by atoms with E-state index >= 15 is 0 Å². The average Bonchev–Trinajstić information content (AvgIpc) is 2.27. The van der Waals surface area contributed by atoms with Crippen LogP contribution in [0, 0.1) is 0 Å². The number of nitrogen functional groups attached to an aromatic ring is 1. The number of thioether (sulfide) groups is 1. The molecule has 0 saturated carbocycles. The molecule has 18 heavy (non-hydrogen) atoms. The van der Waals surface area contributed by atoms with Gasteiger partial charge in [0.25, 0.3) is 0 Å². The van der Waals surface area contributed by atoms with Crippen LogP contribution < -0.4 is 11.3 Å². The van der Waals surface area contributed by atoms with Gasteiger partial charge < -0.3 is 10.2 Å². The number of anilines is 1. The van der Waals surface area contributed by atoms with Crippen LogP contribution in [0.15, 0.2) is 18.2 Å². The summed E-state index contributed by atoms with van der Waals surface area (Å²) in [6, 6.07) is 5.54. The number of esters is 1. The summed E-state index contributed by atoms with van der Waals surface area (Å²) in [7, 11) is 0. The number of carbonyl (C=O) groups is 1. The summed E-state index contributed by atoms with van der Waals surface area (Å²) in [5.41, 5.74) is 2.93. The number of rotatable bonds is 5. The van der Waals surface area contributed by atoms with Crippen LogP contribution in [0.25, 0.3) is 0 Å². The highest BCUT2D eigenvalue weighted by molar-refractivity contribution is 7.99. The predicted octanol–water partition coefficient (Wildman–Crippen LogP) is 1.94. The summed E-state index contributed by atoms with van der Waals surface area (Å²) in [4.78, 5) is 15.7. The third-order valence-electron chi connectivity index (χ3n) is 1.84. The van der Waals surface area contributed by atoms with Crippen LogP contribution in [0.4, 0.5) is 5.82 Å². The lowest BCUT2D eigenvalue weighted by atomic mass is 10.2. The molecule has 5 nitrogen and oxygen atoms in total. The molecule has 0 amide bonds. The summed E-state index contributed by atoms with van der Waals surface area (Å²) in [5, 5.41) is 0. The molecule has 0 unspecified atom stereocenters. The molecule has 3 N–H and O–H groups in total. The fraction of sp³-hybridized carbons (Fsp3) is 0.500. The number of hydrazine groups is 1. The minimum Gasteiger partial charge on any atom is -0.459 e. The second-order valence-electron chi connectivity index (χ2n) is 4.74. The summed E-state index contributed by atoms with van der Waals surface area (Å²) in [6.07, 6.45) is 0. The van der Waals surface area contributed by atoms with Gasteiger partial charge in [0, 0.05) is 5.75 Å². The number of pyridine rings is 1. The standard InChI is InChI=1S/C12H19N3O2S/c1-12(2,3)17-11(16)8-18-7-9-5-4-6-10(14-9)15-13/h4-6H,7-8,13H2,1-3H3,(H,14,15). The van der Waals surface area contributed by atoms with Crippen molar-refractivity contribution in [2.75, 3.05) is 11.2 Å². The van der Waals surface area contributed by atoms with Crippen molar-refractivity contribution in [3.05, 3.63) is 23.9 Å². The monoisotopic (exact) mass is 269 g/mol. The zero-order chi connectivity index (χ0) is 13.6. The Balaban J connectivity index is 2.35. The Morgan fingerprint density at radius 2 is 2.22 bits per heavy atom. The maximum atomic E-state index is 11.5. The first-order valence-electron chi connectivity index (χ1n) is 5.63. The van der Waals surface area contributed by atoms with Gasteiger partial charge in [-0.05, 0) is 32.9 Å². The molecule has 6 heteroatoms. The number of nitrogens with two attached hydrogens (primary N) is 1. The van der Waals surface area contributed by atoms with Crippen molar-refractivity contribution in [3.63, 3.8) is 0 Å². The van der Waals surface area contributed by atoms with Crippen LogP contribution in [0.2, 0.25) is 0 Å². The normalized spacial score (nSPS) is 11.1. The van der Waals surface area contributed by atoms with Crippen LogP contribution in [0.5, 0.6) is 0 Å². The van der Waals surface area contributed by atoms with Gasteiger partial charge in [-0.1, -0.05) is 6.07 Å². The molecular formula is C12H19N3O2S. The smallest absolute Gasteiger partial charge is 0.316 e. The summed E-state index contributed by atoms with van der Waals surface area (Å²) in [6.45, 7) is 5.56. The van der Waals surface area contributed by atoms with E-state index in [1.807, 2.05) is 32.9 Å². The summed E-state index contributed by atoms with van der Waals surface area (Å²) >= 11 is 1.47. The van der Waals surface area contributed by atoms with E-state index < -0.39 is 5.60 Å². The van der Waals surface area contributed by atoms with Crippen molar-refractivity contribution in [2.45, 2.75) is 32.1 Å². The maximum Gasteiger partial charge on any atom is 0.316 e. The van der Waals surface area contributed by atoms with E-state index in [0.717, 1.165) is 5.69 Å². The summed E-state index contributed by atoms with van der Waals surface area (Å²) < 4.78 is 5.21. The van der Waals surface area contributed by atoms with Gasteiger partial charge in [-0.15, -0.1) is 11.8 Å². The Hall–Kier alpha value is -1.27. The minimum absolute atomic E-state index is 0.208. The van der Waals surface area contributed by atoms with Crippen LogP contribution in [0.3, 0.4) is 0 Å². The lowest BCUT2D eigenvalue weighted by Crippen LogP contribution is -2.24. The minimum atomic E-state index is -0.431. The number of nitrogens with one attached hydrogen (secondary N) is 1. The molecular weight excluding hydrogens is 250 g/mol. The number of ether oxygens (including phenoxy) is 1. The molecule has 0 fully saturated rings. The molecule has 1 heterocycles. The highest BCUT2D eigenvalue weighted by Gasteiger charge is 2.15. The fourth-order valence-electron chi connectivity index (χ4n) is 1.25. The second kappa shape index (κ2) is 6.61. The first-order valence-corrected chi connectivity index (χ1v) is 6.78. The highest BCUT2D eigenvalue weighted by atomic mass is 32.2. The number of nitrogens with zero attached hydrogens (tertiary/aromatic N) is 1. The molecule has 0 spiro atoms. The molecule has 1 aromatic heterocycles. The van der Waals surface area contributed by atoms with E-state index in [1.54, 1.807) is 6.07 Å². The lowest BCUT2D eigenvalue weighted by Gasteiger charge is -2.19. The first kappa shape index (κ1) is 14.8. The van der Waals surface area contributed by atoms with Crippen LogP contribution in [0.1, 0.15) is 26.5 Å². The molecule has 100 valence electrons. The topological polar surface area (TPSA) is 77.2 Å². The van der Waals surface area contributed by atoms with Gasteiger partial charge in [0.15, 0.2) is 0 Å². The second-order valence-corrected chi connectivity index (χ2v) is 5.72. The van der Waals surface area contributed by atoms with E-state index in [4.69, 9.17) is 10.6 Å². The van der Waals surface area contributed by atoms with Crippen molar-refractivity contribution >= 4 is 23.5 Å². The Bertz CT molecular complexity index is 405. The predicted molar refractivity (Wildman–Crippen MR) is 74.1 cm³/mol. The average molecular weight is 269 g/mol. The van der Waals surface area contributed by atoms with Crippen LogP contribution >= 0.6 is 11.8 Å². The molecule has 0 saturated heterocycles. The van der Waals surface area contributed by atoms with Crippen molar-refractivity contribution in [3.8, 4) is 0 Å². The fourth-order valence-corrected chi connectivity index (χ4v) is 1.95. The SMILES string of the molecule is CC(C)(C)OC(=O)CSCc1cccc(NN)n1. The van der Waals surface area contributed by atoms with Crippen molar-refractivity contribution in [1.82, 2.24) is 4.98 Å². The van der Waals surface area contributed by atoms with E-state index in [2.05, 4.69) is 10.4 Å². The van der Waals surface area contributed by atoms with Gasteiger partial charge in [-0.25, -0.2) is 10.8 Å². The van der Waals surface area contributed by atoms with E-state index in [0.29, 0.717) is 17.3 Å². The Kier molecular flexibility index (Phi) is 5.43. The zero-order valence-electron chi connectivity index (χ0n) is 10.9. The number of hydrogen-bond donors (Lipinski definition) is 2. The quantitative estimate of drug-likeness (QED) is 0.483. The molecule has 1 aromatic rings.